The van der Waals surface area contributed by atoms with Crippen LogP contribution in [0.1, 0.15) is 66.6 Å². The van der Waals surface area contributed by atoms with Gasteiger partial charge in [-0.15, -0.1) is 0 Å². The molecule has 0 saturated heterocycles. The van der Waals surface area contributed by atoms with E-state index in [0.29, 0.717) is 0 Å². The summed E-state index contributed by atoms with van der Waals surface area (Å²) in [6.45, 7) is 11.1. The molecule has 0 aromatic heterocycles. The molecule has 0 atom stereocenters. The second-order valence-corrected chi connectivity index (χ2v) is 10.9. The van der Waals surface area contributed by atoms with E-state index in [-0.39, 0.29) is 5.41 Å². The molecule has 0 unspecified atom stereocenters. The number of para-hydroxylation sites is 1. The molecule has 4 aromatic carbocycles. The Morgan fingerprint density at radius 3 is 1.90 bits per heavy atom. The highest BCUT2D eigenvalue weighted by Gasteiger charge is 2.37. The van der Waals surface area contributed by atoms with Crippen molar-refractivity contribution in [3.05, 3.63) is 154 Å². The van der Waals surface area contributed by atoms with Crippen molar-refractivity contribution in [2.24, 2.45) is 0 Å². The number of fused-ring (bicyclic) bond motifs is 1. The van der Waals surface area contributed by atoms with Crippen molar-refractivity contribution >= 4 is 23.8 Å². The second kappa shape index (κ2) is 11.8. The van der Waals surface area contributed by atoms with Crippen LogP contribution >= 0.6 is 0 Å². The Hall–Kier alpha value is -4.36. The van der Waals surface area contributed by atoms with Crippen LogP contribution in [0.2, 0.25) is 0 Å². The van der Waals surface area contributed by atoms with E-state index >= 15 is 0 Å². The molecule has 0 N–H and O–H groups in total. The molecule has 0 spiro atoms. The van der Waals surface area contributed by atoms with E-state index in [2.05, 4.69) is 150 Å². The maximum absolute atomic E-state index is 6.50. The highest BCUT2D eigenvalue weighted by Crippen LogP contribution is 2.50. The van der Waals surface area contributed by atoms with Gasteiger partial charge in [-0.2, -0.15) is 0 Å². The van der Waals surface area contributed by atoms with Gasteiger partial charge < -0.3 is 4.74 Å². The highest BCUT2D eigenvalue weighted by molar-refractivity contribution is 5.91. The lowest BCUT2D eigenvalue weighted by Gasteiger charge is -2.24. The Balaban J connectivity index is 1.46. The average molecular weight is 523 g/mol. The summed E-state index contributed by atoms with van der Waals surface area (Å²) in [5.74, 6) is 1.85. The quantitative estimate of drug-likeness (QED) is 0.209. The number of hydrogen-bond donors (Lipinski definition) is 0. The molecule has 0 saturated carbocycles. The number of rotatable bonds is 8. The Labute approximate surface area is 239 Å². The van der Waals surface area contributed by atoms with Crippen LogP contribution in [-0.2, 0) is 11.8 Å². The van der Waals surface area contributed by atoms with Crippen LogP contribution < -0.4 is 4.74 Å². The van der Waals surface area contributed by atoms with Gasteiger partial charge in [0.25, 0.3) is 0 Å². The average Bonchev–Trinajstić information content (AvgIpc) is 3.19. The lowest BCUT2D eigenvalue weighted by molar-refractivity contribution is 0.472. The zero-order valence-electron chi connectivity index (χ0n) is 24.2. The lowest BCUT2D eigenvalue weighted by atomic mass is 9.80. The molecule has 1 heteroatoms. The van der Waals surface area contributed by atoms with Crippen LogP contribution in [0.15, 0.2) is 115 Å². The molecule has 4 aromatic rings. The van der Waals surface area contributed by atoms with Crippen molar-refractivity contribution in [3.8, 4) is 11.5 Å². The third-order valence-electron chi connectivity index (χ3n) is 7.87. The first-order valence-corrected chi connectivity index (χ1v) is 14.2. The lowest BCUT2D eigenvalue weighted by Crippen LogP contribution is -2.16. The van der Waals surface area contributed by atoms with Crippen molar-refractivity contribution in [2.45, 2.75) is 46.5 Å². The van der Waals surface area contributed by atoms with Crippen LogP contribution in [0, 0.1) is 6.92 Å². The van der Waals surface area contributed by atoms with E-state index in [1.54, 1.807) is 0 Å². The summed E-state index contributed by atoms with van der Waals surface area (Å²) >= 11 is 0. The van der Waals surface area contributed by atoms with Gasteiger partial charge in [0.15, 0.2) is 0 Å². The van der Waals surface area contributed by atoms with Gasteiger partial charge in [-0.05, 0) is 82.5 Å². The molecule has 0 amide bonds. The first kappa shape index (κ1) is 27.2. The minimum atomic E-state index is -0.121. The summed E-state index contributed by atoms with van der Waals surface area (Å²) in [6, 6.07) is 31.9. The maximum Gasteiger partial charge on any atom is 0.130 e. The summed E-state index contributed by atoms with van der Waals surface area (Å²) in [5, 5.41) is 0. The molecule has 1 nitrogen and oxygen atoms in total. The number of aryl methyl sites for hydroxylation is 1. The zero-order chi connectivity index (χ0) is 28.1. The fourth-order valence-corrected chi connectivity index (χ4v) is 5.59. The summed E-state index contributed by atoms with van der Waals surface area (Å²) in [7, 11) is 0. The van der Waals surface area contributed by atoms with E-state index in [4.69, 9.17) is 4.74 Å². The van der Waals surface area contributed by atoms with Crippen LogP contribution in [0.4, 0.5) is 0 Å². The molecule has 0 radical (unpaired) electrons. The fourth-order valence-electron chi connectivity index (χ4n) is 5.59. The van der Waals surface area contributed by atoms with Crippen molar-refractivity contribution in [2.75, 3.05) is 0 Å². The standard InChI is InChI=1S/C39H38O/c1-6-13-33-34(25-24-31-22-20-30(21-23-31)19-18-29-14-9-8-10-15-29)39(4,5)35-26-27-36(28(3)38(33)35)40-37-17-12-11-16-32(37)7-2/h6,8-27H,7H2,1-5H3/b13-6-,19-18+,25-24+. The normalized spacial score (nSPS) is 14.5. The molecule has 200 valence electrons. The monoisotopic (exact) mass is 522 g/mol. The van der Waals surface area contributed by atoms with Crippen molar-refractivity contribution in [1.29, 1.82) is 0 Å². The fraction of sp³-hybridized carbons (Fsp3) is 0.179. The maximum atomic E-state index is 6.50. The first-order chi connectivity index (χ1) is 19.4. The summed E-state index contributed by atoms with van der Waals surface area (Å²) in [6.07, 6.45) is 14.2. The Morgan fingerprint density at radius 2 is 1.25 bits per heavy atom. The van der Waals surface area contributed by atoms with Crippen molar-refractivity contribution in [3.63, 3.8) is 0 Å². The summed E-state index contributed by atoms with van der Waals surface area (Å²) in [5.41, 5.74) is 11.1. The van der Waals surface area contributed by atoms with Crippen molar-refractivity contribution < 1.29 is 4.74 Å². The zero-order valence-corrected chi connectivity index (χ0v) is 24.2. The van der Waals surface area contributed by atoms with Gasteiger partial charge in [0.1, 0.15) is 11.5 Å². The molecule has 5 rings (SSSR count). The number of hydrogen-bond acceptors (Lipinski definition) is 1. The van der Waals surface area contributed by atoms with Crippen LogP contribution in [0.5, 0.6) is 11.5 Å². The van der Waals surface area contributed by atoms with Gasteiger partial charge in [0.05, 0.1) is 0 Å². The van der Waals surface area contributed by atoms with Crippen LogP contribution in [0.25, 0.3) is 23.8 Å². The highest BCUT2D eigenvalue weighted by atomic mass is 16.5. The summed E-state index contributed by atoms with van der Waals surface area (Å²) < 4.78 is 6.50. The second-order valence-electron chi connectivity index (χ2n) is 10.9. The summed E-state index contributed by atoms with van der Waals surface area (Å²) in [4.78, 5) is 0. The minimum absolute atomic E-state index is 0.121. The smallest absolute Gasteiger partial charge is 0.130 e. The van der Waals surface area contributed by atoms with E-state index < -0.39 is 0 Å². The third-order valence-corrected chi connectivity index (χ3v) is 7.87. The largest absolute Gasteiger partial charge is 0.457 e. The van der Waals surface area contributed by atoms with E-state index in [0.717, 1.165) is 17.9 Å². The predicted molar refractivity (Wildman–Crippen MR) is 173 cm³/mol. The Bertz CT molecular complexity index is 1610. The van der Waals surface area contributed by atoms with E-state index in [9.17, 15) is 0 Å². The van der Waals surface area contributed by atoms with Crippen LogP contribution in [0.3, 0.4) is 0 Å². The molecular weight excluding hydrogens is 484 g/mol. The Morgan fingerprint density at radius 1 is 0.650 bits per heavy atom. The predicted octanol–water partition coefficient (Wildman–Crippen LogP) is 10.9. The number of ether oxygens (including phenoxy) is 1. The van der Waals surface area contributed by atoms with E-state index in [1.165, 1.54) is 50.1 Å². The number of allylic oxidation sites excluding steroid dienone is 5. The van der Waals surface area contributed by atoms with Crippen LogP contribution in [-0.4, -0.2) is 0 Å². The molecule has 0 heterocycles. The van der Waals surface area contributed by atoms with Gasteiger partial charge >= 0.3 is 0 Å². The molecule has 0 aliphatic heterocycles. The molecule has 1 aliphatic carbocycles. The molecule has 0 bridgehead atoms. The van der Waals surface area contributed by atoms with Gasteiger partial charge in [-0.1, -0.05) is 136 Å². The van der Waals surface area contributed by atoms with Gasteiger partial charge in [0.2, 0.25) is 0 Å². The molecule has 1 aliphatic rings. The SMILES string of the molecule is C/C=C\C1=C(/C=C/c2ccc(/C=C/c3ccccc3)cc2)C(C)(C)c2ccc(Oc3ccccc3CC)c(C)c21. The topological polar surface area (TPSA) is 9.23 Å². The molecular formula is C39H38O. The van der Waals surface area contributed by atoms with Gasteiger partial charge in [0, 0.05) is 5.41 Å². The Kier molecular flexibility index (Phi) is 8.03. The molecule has 40 heavy (non-hydrogen) atoms. The van der Waals surface area contributed by atoms with Gasteiger partial charge in [-0.25, -0.2) is 0 Å². The van der Waals surface area contributed by atoms with E-state index in [1.807, 2.05) is 12.1 Å². The van der Waals surface area contributed by atoms with Gasteiger partial charge in [-0.3, -0.25) is 0 Å². The minimum Gasteiger partial charge on any atom is -0.457 e. The number of benzene rings is 4. The first-order valence-electron chi connectivity index (χ1n) is 14.2. The van der Waals surface area contributed by atoms with Crippen molar-refractivity contribution in [1.82, 2.24) is 0 Å². The molecule has 0 fully saturated rings. The third kappa shape index (κ3) is 5.51.